The highest BCUT2D eigenvalue weighted by atomic mass is 32.1. The average molecular weight is 343 g/mol. The van der Waals surface area contributed by atoms with Gasteiger partial charge in [0, 0.05) is 0 Å². The molecule has 3 N–H and O–H groups in total. The number of carbonyl (C=O) groups excluding carboxylic acids is 1. The van der Waals surface area contributed by atoms with Crippen LogP contribution in [0.25, 0.3) is 10.2 Å². The molecule has 0 saturated carbocycles. The largest absolute Gasteiger partial charge is 0.478 e. The molecule has 24 heavy (non-hydrogen) atoms. The van der Waals surface area contributed by atoms with Crippen LogP contribution in [0, 0.1) is 6.92 Å². The molecule has 0 fully saturated rings. The molecule has 0 aliphatic rings. The Balaban J connectivity index is 2.08. The van der Waals surface area contributed by atoms with Crippen LogP contribution in [-0.2, 0) is 6.54 Å². The number of carbonyl (C=O) groups is 2. The summed E-state index contributed by atoms with van der Waals surface area (Å²) in [6.45, 7) is 1.85. The van der Waals surface area contributed by atoms with Gasteiger partial charge in [0.1, 0.15) is 4.83 Å². The van der Waals surface area contributed by atoms with Gasteiger partial charge < -0.3 is 10.8 Å². The first kappa shape index (κ1) is 15.9. The van der Waals surface area contributed by atoms with E-state index in [0.717, 1.165) is 11.3 Å². The van der Waals surface area contributed by atoms with Gasteiger partial charge in [0.2, 0.25) is 0 Å². The Morgan fingerprint density at radius 3 is 2.79 bits per heavy atom. The Morgan fingerprint density at radius 1 is 1.38 bits per heavy atom. The number of amides is 1. The first-order valence-corrected chi connectivity index (χ1v) is 7.80. The van der Waals surface area contributed by atoms with Crippen LogP contribution in [0.1, 0.15) is 31.2 Å². The van der Waals surface area contributed by atoms with Gasteiger partial charge in [0.25, 0.3) is 11.5 Å². The topological polar surface area (TPSA) is 115 Å². The summed E-state index contributed by atoms with van der Waals surface area (Å²) in [6.07, 6.45) is 1.39. The molecular weight excluding hydrogens is 330 g/mol. The second kappa shape index (κ2) is 5.89. The van der Waals surface area contributed by atoms with Crippen molar-refractivity contribution in [3.05, 3.63) is 62.5 Å². The van der Waals surface area contributed by atoms with Crippen LogP contribution >= 0.6 is 11.3 Å². The molecule has 0 aliphatic carbocycles. The highest BCUT2D eigenvalue weighted by Gasteiger charge is 2.17. The Kier molecular flexibility index (Phi) is 3.90. The van der Waals surface area contributed by atoms with Crippen LogP contribution in [0.15, 0.2) is 35.4 Å². The van der Waals surface area contributed by atoms with E-state index in [9.17, 15) is 14.4 Å². The molecule has 0 atom stereocenters. The van der Waals surface area contributed by atoms with Gasteiger partial charge >= 0.3 is 5.97 Å². The standard InChI is InChI=1S/C16H13N3O4S/c1-8-11-14(24-12(8)13(17)20)18-7-19(15(11)21)6-9-3-2-4-10(5-9)16(22)23/h2-5,7H,6H2,1H3,(H2,17,20)(H,22,23). The molecule has 3 aromatic rings. The number of fused-ring (bicyclic) bond motifs is 1. The van der Waals surface area contributed by atoms with Crippen molar-refractivity contribution in [2.45, 2.75) is 13.5 Å². The summed E-state index contributed by atoms with van der Waals surface area (Å²) in [5.41, 5.74) is 6.36. The number of hydrogen-bond donors (Lipinski definition) is 2. The number of aromatic nitrogens is 2. The molecule has 0 bridgehead atoms. The Hall–Kier alpha value is -3.00. The first-order valence-electron chi connectivity index (χ1n) is 6.99. The highest BCUT2D eigenvalue weighted by molar-refractivity contribution is 7.20. The molecule has 1 aromatic carbocycles. The van der Waals surface area contributed by atoms with Crippen molar-refractivity contribution in [2.75, 3.05) is 0 Å². The number of aryl methyl sites for hydroxylation is 1. The number of nitrogens with two attached hydrogens (primary N) is 1. The Labute approximate surface area is 140 Å². The van der Waals surface area contributed by atoms with Gasteiger partial charge in [-0.1, -0.05) is 12.1 Å². The van der Waals surface area contributed by atoms with E-state index in [1.54, 1.807) is 19.1 Å². The van der Waals surface area contributed by atoms with Crippen LogP contribution in [0.4, 0.5) is 0 Å². The first-order chi connectivity index (χ1) is 11.4. The minimum absolute atomic E-state index is 0.150. The molecule has 0 aliphatic heterocycles. The van der Waals surface area contributed by atoms with Gasteiger partial charge in [0.05, 0.1) is 28.7 Å². The summed E-state index contributed by atoms with van der Waals surface area (Å²) in [4.78, 5) is 40.1. The van der Waals surface area contributed by atoms with Crippen LogP contribution in [0.5, 0.6) is 0 Å². The maximum Gasteiger partial charge on any atom is 0.335 e. The molecule has 0 radical (unpaired) electrons. The van der Waals surface area contributed by atoms with E-state index in [4.69, 9.17) is 10.8 Å². The number of carboxylic acid groups (broad SMARTS) is 1. The molecular formula is C16H13N3O4S. The van der Waals surface area contributed by atoms with Crippen molar-refractivity contribution < 1.29 is 14.7 Å². The van der Waals surface area contributed by atoms with Gasteiger partial charge in [-0.05, 0) is 30.2 Å². The SMILES string of the molecule is Cc1c(C(N)=O)sc2ncn(Cc3cccc(C(=O)O)c3)c(=O)c12. The van der Waals surface area contributed by atoms with Gasteiger partial charge in [-0.2, -0.15) is 0 Å². The highest BCUT2D eigenvalue weighted by Crippen LogP contribution is 2.26. The van der Waals surface area contributed by atoms with E-state index in [2.05, 4.69) is 4.98 Å². The maximum atomic E-state index is 12.7. The number of rotatable bonds is 4. The van der Waals surface area contributed by atoms with E-state index in [1.807, 2.05) is 0 Å². The fourth-order valence-corrected chi connectivity index (χ4v) is 3.50. The lowest BCUT2D eigenvalue weighted by molar-refractivity contribution is 0.0696. The van der Waals surface area contributed by atoms with Crippen LogP contribution in [-0.4, -0.2) is 26.5 Å². The number of primary amides is 1. The van der Waals surface area contributed by atoms with Crippen molar-refractivity contribution >= 4 is 33.4 Å². The summed E-state index contributed by atoms with van der Waals surface area (Å²) in [5.74, 6) is -1.62. The van der Waals surface area contributed by atoms with Crippen molar-refractivity contribution in [1.82, 2.24) is 9.55 Å². The van der Waals surface area contributed by atoms with Crippen molar-refractivity contribution in [1.29, 1.82) is 0 Å². The lowest BCUT2D eigenvalue weighted by atomic mass is 10.1. The van der Waals surface area contributed by atoms with Crippen molar-refractivity contribution in [3.8, 4) is 0 Å². The number of thiophene rings is 1. The van der Waals surface area contributed by atoms with Crippen molar-refractivity contribution in [3.63, 3.8) is 0 Å². The van der Waals surface area contributed by atoms with Crippen LogP contribution in [0.2, 0.25) is 0 Å². The fourth-order valence-electron chi connectivity index (χ4n) is 2.51. The summed E-state index contributed by atoms with van der Waals surface area (Å²) < 4.78 is 1.38. The van der Waals surface area contributed by atoms with E-state index >= 15 is 0 Å². The minimum atomic E-state index is -1.03. The summed E-state index contributed by atoms with van der Waals surface area (Å²) in [6, 6.07) is 6.35. The third-order valence-corrected chi connectivity index (χ3v) is 4.88. The van der Waals surface area contributed by atoms with E-state index < -0.39 is 11.9 Å². The number of carboxylic acids is 1. The molecule has 0 saturated heterocycles. The zero-order valence-electron chi connectivity index (χ0n) is 12.6. The molecule has 2 aromatic heterocycles. The van der Waals surface area contributed by atoms with Gasteiger partial charge in [-0.3, -0.25) is 14.2 Å². The molecule has 2 heterocycles. The predicted molar refractivity (Wildman–Crippen MR) is 89.6 cm³/mol. The molecule has 3 rings (SSSR count). The Bertz CT molecular complexity index is 1040. The second-order valence-corrected chi connectivity index (χ2v) is 6.28. The third kappa shape index (κ3) is 2.67. The quantitative estimate of drug-likeness (QED) is 0.747. The smallest absolute Gasteiger partial charge is 0.335 e. The molecule has 0 spiro atoms. The molecule has 122 valence electrons. The maximum absolute atomic E-state index is 12.7. The average Bonchev–Trinajstić information content (AvgIpc) is 2.88. The zero-order chi connectivity index (χ0) is 17.4. The summed E-state index contributed by atoms with van der Waals surface area (Å²) in [7, 11) is 0. The number of benzene rings is 1. The summed E-state index contributed by atoms with van der Waals surface area (Å²) in [5, 5.41) is 9.41. The van der Waals surface area contributed by atoms with Gasteiger partial charge in [0.15, 0.2) is 0 Å². The minimum Gasteiger partial charge on any atom is -0.478 e. The Morgan fingerprint density at radius 2 is 2.12 bits per heavy atom. The molecule has 7 nitrogen and oxygen atoms in total. The van der Waals surface area contributed by atoms with E-state index in [-0.39, 0.29) is 17.7 Å². The normalized spacial score (nSPS) is 10.9. The zero-order valence-corrected chi connectivity index (χ0v) is 13.5. The third-order valence-electron chi connectivity index (χ3n) is 3.67. The van der Waals surface area contributed by atoms with Crippen molar-refractivity contribution in [2.24, 2.45) is 5.73 Å². The van der Waals surface area contributed by atoms with Gasteiger partial charge in [-0.15, -0.1) is 11.3 Å². The number of hydrogen-bond acceptors (Lipinski definition) is 5. The second-order valence-electron chi connectivity index (χ2n) is 5.28. The van der Waals surface area contributed by atoms with E-state index in [1.165, 1.54) is 23.0 Å². The molecule has 8 heteroatoms. The predicted octanol–water partition coefficient (Wildman–Crippen LogP) is 1.61. The number of aromatic carboxylic acids is 1. The van der Waals surface area contributed by atoms with Crippen LogP contribution < -0.4 is 11.3 Å². The monoisotopic (exact) mass is 343 g/mol. The van der Waals surface area contributed by atoms with E-state index in [0.29, 0.717) is 26.2 Å². The lowest BCUT2D eigenvalue weighted by Crippen LogP contribution is -2.21. The fraction of sp³-hybridized carbons (Fsp3) is 0.125. The van der Waals surface area contributed by atoms with Crippen LogP contribution in [0.3, 0.4) is 0 Å². The molecule has 0 unspecified atom stereocenters. The lowest BCUT2D eigenvalue weighted by Gasteiger charge is -2.06. The van der Waals surface area contributed by atoms with Gasteiger partial charge in [-0.25, -0.2) is 9.78 Å². The summed E-state index contributed by atoms with van der Waals surface area (Å²) >= 11 is 1.09. The number of nitrogens with zero attached hydrogens (tertiary/aromatic N) is 2. The molecule has 1 amide bonds.